The zero-order valence-corrected chi connectivity index (χ0v) is 14.6. The molecule has 2 aliphatic heterocycles. The van der Waals surface area contributed by atoms with Gasteiger partial charge >= 0.3 is 0 Å². The molecule has 3 amide bonds. The Morgan fingerprint density at radius 2 is 1.81 bits per heavy atom. The number of fused-ring (bicyclic) bond motifs is 1. The summed E-state index contributed by atoms with van der Waals surface area (Å²) in [5.41, 5.74) is 1.50. The van der Waals surface area contributed by atoms with Crippen LogP contribution in [-0.2, 0) is 9.59 Å². The maximum absolute atomic E-state index is 13.7. The van der Waals surface area contributed by atoms with Crippen molar-refractivity contribution in [3.8, 4) is 0 Å². The van der Waals surface area contributed by atoms with Crippen molar-refractivity contribution in [2.75, 3.05) is 31.5 Å². The second-order valence-electron chi connectivity index (χ2n) is 6.74. The summed E-state index contributed by atoms with van der Waals surface area (Å²) >= 11 is 0. The molecule has 2 aliphatic rings. The fourth-order valence-electron chi connectivity index (χ4n) is 3.64. The number of anilines is 1. The number of benzene rings is 1. The Morgan fingerprint density at radius 3 is 2.52 bits per heavy atom. The zero-order valence-electron chi connectivity index (χ0n) is 14.6. The molecule has 0 radical (unpaired) electrons. The minimum absolute atomic E-state index is 0.00307. The molecule has 1 fully saturated rings. The molecule has 0 saturated carbocycles. The molecular formula is C19H19FN4O3. The lowest BCUT2D eigenvalue weighted by atomic mass is 9.89. The third-order valence-corrected chi connectivity index (χ3v) is 5.06. The van der Waals surface area contributed by atoms with Crippen LogP contribution in [0.5, 0.6) is 0 Å². The first kappa shape index (κ1) is 17.3. The molecule has 0 unspecified atom stereocenters. The number of halogens is 1. The Kier molecular flexibility index (Phi) is 4.39. The highest BCUT2D eigenvalue weighted by molar-refractivity contribution is 6.01. The van der Waals surface area contributed by atoms with E-state index in [9.17, 15) is 18.8 Å². The predicted molar refractivity (Wildman–Crippen MR) is 95.7 cm³/mol. The molecule has 0 spiro atoms. The lowest BCUT2D eigenvalue weighted by molar-refractivity contribution is -0.136. The van der Waals surface area contributed by atoms with Crippen LogP contribution in [0, 0.1) is 5.82 Å². The van der Waals surface area contributed by atoms with E-state index in [-0.39, 0.29) is 24.1 Å². The van der Waals surface area contributed by atoms with Crippen LogP contribution >= 0.6 is 0 Å². The minimum Gasteiger partial charge on any atom is -0.357 e. The first-order valence-corrected chi connectivity index (χ1v) is 8.83. The number of piperazine rings is 1. The first-order chi connectivity index (χ1) is 13.0. The van der Waals surface area contributed by atoms with Gasteiger partial charge in [-0.3, -0.25) is 14.4 Å². The second kappa shape index (κ2) is 6.86. The van der Waals surface area contributed by atoms with Gasteiger partial charge in [0.2, 0.25) is 11.8 Å². The Labute approximate surface area is 155 Å². The number of rotatable bonds is 2. The predicted octanol–water partition coefficient (Wildman–Crippen LogP) is 1.56. The van der Waals surface area contributed by atoms with Crippen molar-refractivity contribution in [2.24, 2.45) is 0 Å². The summed E-state index contributed by atoms with van der Waals surface area (Å²) in [5.74, 6) is -1.70. The van der Waals surface area contributed by atoms with E-state index < -0.39 is 11.7 Å². The van der Waals surface area contributed by atoms with Crippen molar-refractivity contribution < 1.29 is 18.8 Å². The van der Waals surface area contributed by atoms with Gasteiger partial charge in [-0.25, -0.2) is 4.39 Å². The molecule has 7 nitrogen and oxygen atoms in total. The molecular weight excluding hydrogens is 351 g/mol. The van der Waals surface area contributed by atoms with Gasteiger partial charge in [-0.05, 0) is 35.9 Å². The van der Waals surface area contributed by atoms with Crippen molar-refractivity contribution in [3.05, 3.63) is 53.6 Å². The topological polar surface area (TPSA) is 85.5 Å². The van der Waals surface area contributed by atoms with E-state index >= 15 is 0 Å². The van der Waals surface area contributed by atoms with Gasteiger partial charge in [0.05, 0.1) is 5.92 Å². The molecule has 2 N–H and O–H groups in total. The molecule has 0 aliphatic carbocycles. The number of hydrogen-bond acceptors (Lipinski definition) is 3. The van der Waals surface area contributed by atoms with E-state index in [1.54, 1.807) is 28.1 Å². The average Bonchev–Trinajstić information content (AvgIpc) is 3.21. The third kappa shape index (κ3) is 3.30. The fourth-order valence-corrected chi connectivity index (χ4v) is 3.64. The number of hydrogen-bond donors (Lipinski definition) is 2. The largest absolute Gasteiger partial charge is 0.357 e. The minimum atomic E-state index is -0.699. The summed E-state index contributed by atoms with van der Waals surface area (Å²) in [6.45, 7) is 1.60. The maximum atomic E-state index is 13.7. The standard InChI is InChI=1S/C19H19FN4O3/c20-12-3-4-15-13(10-12)14(11-17(25)22-15)18(26)23-6-8-24(9-7-23)19(27)16-2-1-5-21-16/h1-5,10,14,21H,6-9,11H2,(H,22,25)/t14-/m0/s1. The number of nitrogens with zero attached hydrogens (tertiary/aromatic N) is 2. The quantitative estimate of drug-likeness (QED) is 0.841. The lowest BCUT2D eigenvalue weighted by Gasteiger charge is -2.37. The monoisotopic (exact) mass is 370 g/mol. The molecule has 3 heterocycles. The number of aromatic nitrogens is 1. The molecule has 1 atom stereocenters. The fraction of sp³-hybridized carbons (Fsp3) is 0.316. The summed E-state index contributed by atoms with van der Waals surface area (Å²) in [6.07, 6.45) is 1.69. The van der Waals surface area contributed by atoms with Crippen LogP contribution in [0.1, 0.15) is 28.4 Å². The molecule has 0 bridgehead atoms. The van der Waals surface area contributed by atoms with E-state index in [1.165, 1.54) is 18.2 Å². The highest BCUT2D eigenvalue weighted by Gasteiger charge is 2.35. The zero-order chi connectivity index (χ0) is 19.0. The van der Waals surface area contributed by atoms with E-state index in [1.807, 2.05) is 0 Å². The number of carbonyl (C=O) groups is 3. The SMILES string of the molecule is O=C1C[C@H](C(=O)N2CCN(C(=O)c3ccc[nH]3)CC2)c2cc(F)ccc2N1. The Balaban J connectivity index is 1.46. The van der Waals surface area contributed by atoms with Crippen molar-refractivity contribution in [1.82, 2.24) is 14.8 Å². The average molecular weight is 370 g/mol. The van der Waals surface area contributed by atoms with Gasteiger partial charge in [-0.2, -0.15) is 0 Å². The van der Waals surface area contributed by atoms with Crippen LogP contribution in [0.4, 0.5) is 10.1 Å². The molecule has 8 heteroatoms. The van der Waals surface area contributed by atoms with Gasteiger partial charge in [0, 0.05) is 44.5 Å². The van der Waals surface area contributed by atoms with Crippen molar-refractivity contribution in [2.45, 2.75) is 12.3 Å². The number of nitrogens with one attached hydrogen (secondary N) is 2. The third-order valence-electron chi connectivity index (χ3n) is 5.06. The summed E-state index contributed by atoms with van der Waals surface area (Å²) in [6, 6.07) is 7.53. The summed E-state index contributed by atoms with van der Waals surface area (Å²) < 4.78 is 13.7. The van der Waals surface area contributed by atoms with Crippen LogP contribution < -0.4 is 5.32 Å². The van der Waals surface area contributed by atoms with Crippen LogP contribution in [0.3, 0.4) is 0 Å². The van der Waals surface area contributed by atoms with Crippen molar-refractivity contribution >= 4 is 23.4 Å². The van der Waals surface area contributed by atoms with Crippen LogP contribution in [0.15, 0.2) is 36.5 Å². The van der Waals surface area contributed by atoms with Crippen LogP contribution in [-0.4, -0.2) is 58.7 Å². The van der Waals surface area contributed by atoms with E-state index in [2.05, 4.69) is 10.3 Å². The number of H-pyrrole nitrogens is 1. The van der Waals surface area contributed by atoms with Crippen LogP contribution in [0.2, 0.25) is 0 Å². The molecule has 4 rings (SSSR count). The Morgan fingerprint density at radius 1 is 1.07 bits per heavy atom. The molecule has 1 saturated heterocycles. The normalized spacial score (nSPS) is 19.4. The molecule has 1 aromatic heterocycles. The number of amides is 3. The van der Waals surface area contributed by atoms with Crippen LogP contribution in [0.25, 0.3) is 0 Å². The molecule has 2 aromatic rings. The van der Waals surface area contributed by atoms with Gasteiger partial charge in [-0.1, -0.05) is 0 Å². The summed E-state index contributed by atoms with van der Waals surface area (Å²) in [4.78, 5) is 43.6. The van der Waals surface area contributed by atoms with E-state index in [4.69, 9.17) is 0 Å². The molecule has 1 aromatic carbocycles. The molecule has 140 valence electrons. The molecule has 27 heavy (non-hydrogen) atoms. The number of carbonyl (C=O) groups excluding carboxylic acids is 3. The summed E-state index contributed by atoms with van der Waals surface area (Å²) in [7, 11) is 0. The Bertz CT molecular complexity index is 888. The highest BCUT2D eigenvalue weighted by Crippen LogP contribution is 2.34. The van der Waals surface area contributed by atoms with Gasteiger partial charge in [0.25, 0.3) is 5.91 Å². The van der Waals surface area contributed by atoms with E-state index in [0.29, 0.717) is 43.1 Å². The van der Waals surface area contributed by atoms with Gasteiger partial charge in [0.15, 0.2) is 0 Å². The smallest absolute Gasteiger partial charge is 0.270 e. The van der Waals surface area contributed by atoms with Gasteiger partial charge < -0.3 is 20.1 Å². The second-order valence-corrected chi connectivity index (χ2v) is 6.74. The van der Waals surface area contributed by atoms with Gasteiger partial charge in [-0.15, -0.1) is 0 Å². The highest BCUT2D eigenvalue weighted by atomic mass is 19.1. The summed E-state index contributed by atoms with van der Waals surface area (Å²) in [5, 5.41) is 2.68. The van der Waals surface area contributed by atoms with Gasteiger partial charge in [0.1, 0.15) is 11.5 Å². The maximum Gasteiger partial charge on any atom is 0.270 e. The first-order valence-electron chi connectivity index (χ1n) is 8.83. The van der Waals surface area contributed by atoms with Crippen molar-refractivity contribution in [3.63, 3.8) is 0 Å². The van der Waals surface area contributed by atoms with E-state index in [0.717, 1.165) is 0 Å². The number of aromatic amines is 1. The lowest BCUT2D eigenvalue weighted by Crippen LogP contribution is -2.52. The van der Waals surface area contributed by atoms with Crippen molar-refractivity contribution in [1.29, 1.82) is 0 Å². The Hall–Kier alpha value is -3.16.